The number of alkyl halides is 1. The van der Waals surface area contributed by atoms with Crippen LogP contribution < -0.4 is 5.32 Å². The summed E-state index contributed by atoms with van der Waals surface area (Å²) in [6, 6.07) is 4.83. The molecule has 1 N–H and O–H groups in total. The van der Waals surface area contributed by atoms with Gasteiger partial charge in [0.05, 0.1) is 5.02 Å². The highest BCUT2D eigenvalue weighted by Gasteiger charge is 2.07. The van der Waals surface area contributed by atoms with Crippen LogP contribution in [0.3, 0.4) is 0 Å². The maximum absolute atomic E-state index is 13.0. The standard InChI is InChI=1S/C14H20Cl2FN/c1-2-3-11(6-7-15)9-18-10-12-4-5-14(17)13(16)8-12/h4-5,8,11,18H,2-3,6-7,9-10H2,1H3. The Bertz CT molecular complexity index is 352. The van der Waals surface area contributed by atoms with Gasteiger partial charge in [0.25, 0.3) is 0 Å². The van der Waals surface area contributed by atoms with Crippen molar-refractivity contribution in [1.82, 2.24) is 5.32 Å². The molecule has 0 fully saturated rings. The van der Waals surface area contributed by atoms with E-state index in [1.807, 2.05) is 0 Å². The monoisotopic (exact) mass is 291 g/mol. The van der Waals surface area contributed by atoms with E-state index in [1.54, 1.807) is 12.1 Å². The Kier molecular flexibility index (Phi) is 7.64. The minimum Gasteiger partial charge on any atom is -0.312 e. The van der Waals surface area contributed by atoms with Gasteiger partial charge in [0.15, 0.2) is 0 Å². The van der Waals surface area contributed by atoms with Crippen molar-refractivity contribution in [2.24, 2.45) is 5.92 Å². The summed E-state index contributed by atoms with van der Waals surface area (Å²) in [6.45, 7) is 3.83. The van der Waals surface area contributed by atoms with Gasteiger partial charge < -0.3 is 5.32 Å². The van der Waals surface area contributed by atoms with Crippen LogP contribution in [-0.2, 0) is 6.54 Å². The first-order valence-electron chi connectivity index (χ1n) is 6.38. The first-order chi connectivity index (χ1) is 8.67. The van der Waals surface area contributed by atoms with E-state index in [9.17, 15) is 4.39 Å². The molecule has 1 unspecified atom stereocenters. The minimum absolute atomic E-state index is 0.181. The van der Waals surface area contributed by atoms with Crippen LogP contribution in [0.25, 0.3) is 0 Å². The number of nitrogens with one attached hydrogen (secondary N) is 1. The molecule has 0 spiro atoms. The van der Waals surface area contributed by atoms with Crippen molar-refractivity contribution in [2.45, 2.75) is 32.7 Å². The van der Waals surface area contributed by atoms with Crippen molar-refractivity contribution in [3.63, 3.8) is 0 Å². The zero-order chi connectivity index (χ0) is 13.4. The van der Waals surface area contributed by atoms with Gasteiger partial charge in [-0.25, -0.2) is 4.39 Å². The van der Waals surface area contributed by atoms with Gasteiger partial charge in [-0.1, -0.05) is 31.0 Å². The summed E-state index contributed by atoms with van der Waals surface area (Å²) in [5.74, 6) is 0.948. The zero-order valence-electron chi connectivity index (χ0n) is 10.7. The van der Waals surface area contributed by atoms with Crippen LogP contribution in [0.4, 0.5) is 4.39 Å². The van der Waals surface area contributed by atoms with Gasteiger partial charge in [-0.2, -0.15) is 0 Å². The molecule has 0 radical (unpaired) electrons. The van der Waals surface area contributed by atoms with E-state index in [0.29, 0.717) is 18.3 Å². The van der Waals surface area contributed by atoms with Gasteiger partial charge in [-0.15, -0.1) is 11.6 Å². The van der Waals surface area contributed by atoms with Crippen LogP contribution in [0.2, 0.25) is 5.02 Å². The van der Waals surface area contributed by atoms with Crippen LogP contribution in [0.15, 0.2) is 18.2 Å². The molecular formula is C14H20Cl2FN. The molecular weight excluding hydrogens is 272 g/mol. The Morgan fingerprint density at radius 1 is 1.33 bits per heavy atom. The second kappa shape index (κ2) is 8.73. The molecule has 4 heteroatoms. The molecule has 0 aromatic heterocycles. The second-order valence-corrected chi connectivity index (χ2v) is 5.30. The number of halogens is 3. The van der Waals surface area contributed by atoms with Gasteiger partial charge >= 0.3 is 0 Å². The molecule has 0 saturated carbocycles. The zero-order valence-corrected chi connectivity index (χ0v) is 12.2. The summed E-state index contributed by atoms with van der Waals surface area (Å²) < 4.78 is 13.0. The third-order valence-electron chi connectivity index (χ3n) is 2.96. The number of hydrogen-bond acceptors (Lipinski definition) is 1. The van der Waals surface area contributed by atoms with E-state index in [-0.39, 0.29) is 10.8 Å². The van der Waals surface area contributed by atoms with Gasteiger partial charge in [0, 0.05) is 12.4 Å². The largest absolute Gasteiger partial charge is 0.312 e. The van der Waals surface area contributed by atoms with E-state index < -0.39 is 0 Å². The molecule has 1 atom stereocenters. The highest BCUT2D eigenvalue weighted by atomic mass is 35.5. The molecule has 0 amide bonds. The molecule has 1 rings (SSSR count). The van der Waals surface area contributed by atoms with Crippen molar-refractivity contribution in [2.75, 3.05) is 12.4 Å². The summed E-state index contributed by atoms with van der Waals surface area (Å²) >= 11 is 11.5. The second-order valence-electron chi connectivity index (χ2n) is 4.51. The van der Waals surface area contributed by atoms with Crippen molar-refractivity contribution in [3.05, 3.63) is 34.6 Å². The highest BCUT2D eigenvalue weighted by Crippen LogP contribution is 2.16. The lowest BCUT2D eigenvalue weighted by Gasteiger charge is -2.15. The normalized spacial score (nSPS) is 12.7. The van der Waals surface area contributed by atoms with Gasteiger partial charge in [0.2, 0.25) is 0 Å². The Labute approximate surface area is 119 Å². The summed E-state index contributed by atoms with van der Waals surface area (Å²) in [6.07, 6.45) is 3.39. The van der Waals surface area contributed by atoms with E-state index in [1.165, 1.54) is 18.9 Å². The maximum atomic E-state index is 13.0. The van der Waals surface area contributed by atoms with Crippen LogP contribution in [0.1, 0.15) is 31.7 Å². The van der Waals surface area contributed by atoms with Crippen LogP contribution in [0.5, 0.6) is 0 Å². The molecule has 0 bridgehead atoms. The molecule has 18 heavy (non-hydrogen) atoms. The SMILES string of the molecule is CCCC(CCCl)CNCc1ccc(F)c(Cl)c1. The summed E-state index contributed by atoms with van der Waals surface area (Å²) in [5.41, 5.74) is 1.00. The Morgan fingerprint density at radius 3 is 2.72 bits per heavy atom. The molecule has 0 aliphatic rings. The average molecular weight is 292 g/mol. The Morgan fingerprint density at radius 2 is 2.11 bits per heavy atom. The summed E-state index contributed by atoms with van der Waals surface area (Å²) in [7, 11) is 0. The van der Waals surface area contributed by atoms with Crippen LogP contribution >= 0.6 is 23.2 Å². The van der Waals surface area contributed by atoms with E-state index >= 15 is 0 Å². The predicted octanol–water partition coefficient (Wildman–Crippen LogP) is 4.61. The van der Waals surface area contributed by atoms with Crippen LogP contribution in [-0.4, -0.2) is 12.4 Å². The van der Waals surface area contributed by atoms with E-state index in [2.05, 4.69) is 12.2 Å². The molecule has 0 heterocycles. The molecule has 1 aromatic rings. The average Bonchev–Trinajstić information content (AvgIpc) is 2.34. The van der Waals surface area contributed by atoms with Crippen molar-refractivity contribution in [1.29, 1.82) is 0 Å². The van der Waals surface area contributed by atoms with E-state index in [4.69, 9.17) is 23.2 Å². The smallest absolute Gasteiger partial charge is 0.141 e. The van der Waals surface area contributed by atoms with E-state index in [0.717, 1.165) is 18.5 Å². The first kappa shape index (κ1) is 15.7. The molecule has 1 aromatic carbocycles. The number of benzene rings is 1. The maximum Gasteiger partial charge on any atom is 0.141 e. The predicted molar refractivity (Wildman–Crippen MR) is 76.9 cm³/mol. The molecule has 102 valence electrons. The first-order valence-corrected chi connectivity index (χ1v) is 7.29. The Hall–Kier alpha value is -0.310. The topological polar surface area (TPSA) is 12.0 Å². The fourth-order valence-electron chi connectivity index (χ4n) is 1.98. The fourth-order valence-corrected chi connectivity index (χ4v) is 2.49. The Balaban J connectivity index is 2.37. The fraction of sp³-hybridized carbons (Fsp3) is 0.571. The quantitative estimate of drug-likeness (QED) is 0.690. The summed E-state index contributed by atoms with van der Waals surface area (Å²) in [4.78, 5) is 0. The molecule has 1 nitrogen and oxygen atoms in total. The van der Waals surface area contributed by atoms with Gasteiger partial charge in [-0.3, -0.25) is 0 Å². The number of rotatable bonds is 8. The highest BCUT2D eigenvalue weighted by molar-refractivity contribution is 6.30. The molecule has 0 aliphatic heterocycles. The van der Waals surface area contributed by atoms with Crippen molar-refractivity contribution in [3.8, 4) is 0 Å². The van der Waals surface area contributed by atoms with Crippen LogP contribution in [0, 0.1) is 11.7 Å². The lowest BCUT2D eigenvalue weighted by atomic mass is 10.0. The number of hydrogen-bond donors (Lipinski definition) is 1. The molecule has 0 saturated heterocycles. The molecule has 0 aliphatic carbocycles. The third kappa shape index (κ3) is 5.55. The lowest BCUT2D eigenvalue weighted by Crippen LogP contribution is -2.22. The van der Waals surface area contributed by atoms with Gasteiger partial charge in [0.1, 0.15) is 5.82 Å². The lowest BCUT2D eigenvalue weighted by molar-refractivity contribution is 0.430. The summed E-state index contributed by atoms with van der Waals surface area (Å²) in [5, 5.41) is 3.56. The van der Waals surface area contributed by atoms with Crippen molar-refractivity contribution >= 4 is 23.2 Å². The third-order valence-corrected chi connectivity index (χ3v) is 3.47. The van der Waals surface area contributed by atoms with Gasteiger partial charge in [-0.05, 0) is 43.0 Å². The minimum atomic E-state index is -0.369. The van der Waals surface area contributed by atoms with Crippen molar-refractivity contribution < 1.29 is 4.39 Å².